The van der Waals surface area contributed by atoms with Gasteiger partial charge in [-0.2, -0.15) is 0 Å². The standard InChI is InChI=1S/C22H16ClN3O6/c1-30-19-7-4-13(10-20(19)31-2)22-25-16-11-14(5-8-18(16)32-22)24-21(27)12-3-6-15(23)17(9-12)26(28)29/h3-11H,1-2H3,(H,24,27). The van der Waals surface area contributed by atoms with E-state index in [1.54, 1.807) is 43.5 Å². The Hall–Kier alpha value is -4.11. The number of hydrogen-bond donors (Lipinski definition) is 1. The van der Waals surface area contributed by atoms with Crippen LogP contribution in [-0.2, 0) is 0 Å². The van der Waals surface area contributed by atoms with Crippen LogP contribution < -0.4 is 14.8 Å². The lowest BCUT2D eigenvalue weighted by Gasteiger charge is -2.07. The summed E-state index contributed by atoms with van der Waals surface area (Å²) in [6.07, 6.45) is 0. The van der Waals surface area contributed by atoms with Gasteiger partial charge >= 0.3 is 0 Å². The molecule has 4 aromatic rings. The van der Waals surface area contributed by atoms with E-state index in [1.165, 1.54) is 19.2 Å². The van der Waals surface area contributed by atoms with Crippen LogP contribution in [0.3, 0.4) is 0 Å². The molecule has 3 aromatic carbocycles. The van der Waals surface area contributed by atoms with Gasteiger partial charge in [0, 0.05) is 22.9 Å². The molecule has 9 nitrogen and oxygen atoms in total. The average Bonchev–Trinajstić information content (AvgIpc) is 3.22. The highest BCUT2D eigenvalue weighted by atomic mass is 35.5. The van der Waals surface area contributed by atoms with Gasteiger partial charge in [0.25, 0.3) is 11.6 Å². The SMILES string of the molecule is COc1ccc(-c2nc3cc(NC(=O)c4ccc(Cl)c([N+](=O)[O-])c4)ccc3o2)cc1OC. The van der Waals surface area contributed by atoms with Gasteiger partial charge in [0.15, 0.2) is 17.1 Å². The van der Waals surface area contributed by atoms with Gasteiger partial charge in [-0.1, -0.05) is 11.6 Å². The quantitative estimate of drug-likeness (QED) is 0.310. The van der Waals surface area contributed by atoms with Crippen molar-refractivity contribution in [1.29, 1.82) is 0 Å². The van der Waals surface area contributed by atoms with Crippen LogP contribution in [-0.4, -0.2) is 30.0 Å². The summed E-state index contributed by atoms with van der Waals surface area (Å²) in [6.45, 7) is 0. The van der Waals surface area contributed by atoms with Crippen molar-refractivity contribution in [2.75, 3.05) is 19.5 Å². The second kappa shape index (κ2) is 8.56. The average molecular weight is 454 g/mol. The molecule has 4 rings (SSSR count). The summed E-state index contributed by atoms with van der Waals surface area (Å²) in [5, 5.41) is 13.7. The van der Waals surface area contributed by atoms with Crippen LogP contribution in [0.1, 0.15) is 10.4 Å². The van der Waals surface area contributed by atoms with E-state index in [0.717, 1.165) is 6.07 Å². The number of carbonyl (C=O) groups is 1. The fourth-order valence-electron chi connectivity index (χ4n) is 3.09. The maximum Gasteiger partial charge on any atom is 0.288 e. The van der Waals surface area contributed by atoms with Crippen LogP contribution in [0.5, 0.6) is 11.5 Å². The molecule has 0 radical (unpaired) electrons. The Labute approximate surface area is 186 Å². The van der Waals surface area contributed by atoms with Gasteiger partial charge in [-0.15, -0.1) is 0 Å². The molecule has 0 aliphatic heterocycles. The number of aromatic nitrogens is 1. The number of anilines is 1. The summed E-state index contributed by atoms with van der Waals surface area (Å²) >= 11 is 5.80. The molecule has 1 amide bonds. The number of nitro groups is 1. The Balaban J connectivity index is 1.60. The minimum Gasteiger partial charge on any atom is -0.493 e. The highest BCUT2D eigenvalue weighted by Gasteiger charge is 2.17. The van der Waals surface area contributed by atoms with Crippen molar-refractivity contribution in [3.05, 3.63) is 75.3 Å². The van der Waals surface area contributed by atoms with Crippen molar-refractivity contribution in [2.24, 2.45) is 0 Å². The number of methoxy groups -OCH3 is 2. The Bertz CT molecular complexity index is 1350. The summed E-state index contributed by atoms with van der Waals surface area (Å²) < 4.78 is 16.4. The van der Waals surface area contributed by atoms with Crippen LogP contribution in [0.15, 0.2) is 59.0 Å². The summed E-state index contributed by atoms with van der Waals surface area (Å²) in [6, 6.07) is 14.1. The van der Waals surface area contributed by atoms with Gasteiger partial charge in [-0.3, -0.25) is 14.9 Å². The number of hydrogen-bond acceptors (Lipinski definition) is 7. The van der Waals surface area contributed by atoms with Crippen molar-refractivity contribution >= 4 is 40.0 Å². The Kier molecular flexibility index (Phi) is 5.65. The fourth-order valence-corrected chi connectivity index (χ4v) is 3.28. The minimum absolute atomic E-state index is 0.0433. The molecule has 0 saturated heterocycles. The van der Waals surface area contributed by atoms with E-state index in [0.29, 0.717) is 39.7 Å². The third-order valence-electron chi connectivity index (χ3n) is 4.68. The van der Waals surface area contributed by atoms with E-state index in [2.05, 4.69) is 10.3 Å². The van der Waals surface area contributed by atoms with E-state index >= 15 is 0 Å². The maximum absolute atomic E-state index is 12.5. The molecule has 0 aliphatic rings. The zero-order chi connectivity index (χ0) is 22.8. The minimum atomic E-state index is -0.643. The number of ether oxygens (including phenoxy) is 2. The van der Waals surface area contributed by atoms with E-state index < -0.39 is 10.8 Å². The van der Waals surface area contributed by atoms with Crippen LogP contribution in [0.4, 0.5) is 11.4 Å². The molecule has 0 saturated carbocycles. The first-order valence-electron chi connectivity index (χ1n) is 9.28. The molecule has 32 heavy (non-hydrogen) atoms. The molecule has 0 bridgehead atoms. The lowest BCUT2D eigenvalue weighted by atomic mass is 10.2. The molecule has 0 fully saturated rings. The van der Waals surface area contributed by atoms with Crippen molar-refractivity contribution in [3.63, 3.8) is 0 Å². The third-order valence-corrected chi connectivity index (χ3v) is 5.00. The number of benzene rings is 3. The van der Waals surface area contributed by atoms with Crippen LogP contribution in [0, 0.1) is 10.1 Å². The van der Waals surface area contributed by atoms with E-state index in [4.69, 9.17) is 25.5 Å². The van der Waals surface area contributed by atoms with Crippen molar-refractivity contribution < 1.29 is 23.6 Å². The van der Waals surface area contributed by atoms with Gasteiger partial charge in [-0.25, -0.2) is 4.98 Å². The topological polar surface area (TPSA) is 117 Å². The second-order valence-electron chi connectivity index (χ2n) is 6.65. The molecule has 0 unspecified atom stereocenters. The van der Waals surface area contributed by atoms with Crippen molar-refractivity contribution in [1.82, 2.24) is 4.98 Å². The third kappa shape index (κ3) is 4.06. The molecule has 0 atom stereocenters. The lowest BCUT2D eigenvalue weighted by molar-refractivity contribution is -0.384. The molecule has 162 valence electrons. The second-order valence-corrected chi connectivity index (χ2v) is 7.06. The number of carbonyl (C=O) groups excluding carboxylic acids is 1. The Morgan fingerprint density at radius 3 is 2.56 bits per heavy atom. The number of nitrogens with zero attached hydrogens (tertiary/aromatic N) is 2. The highest BCUT2D eigenvalue weighted by Crippen LogP contribution is 2.33. The lowest BCUT2D eigenvalue weighted by Crippen LogP contribution is -2.12. The van der Waals surface area contributed by atoms with Gasteiger partial charge in [0.1, 0.15) is 10.5 Å². The van der Waals surface area contributed by atoms with Crippen molar-refractivity contribution in [2.45, 2.75) is 0 Å². The first kappa shape index (κ1) is 21.1. The molecule has 1 N–H and O–H groups in total. The molecule has 0 spiro atoms. The zero-order valence-corrected chi connectivity index (χ0v) is 17.7. The number of amides is 1. The summed E-state index contributed by atoms with van der Waals surface area (Å²) in [4.78, 5) is 27.4. The van der Waals surface area contributed by atoms with E-state index in [-0.39, 0.29) is 16.3 Å². The largest absolute Gasteiger partial charge is 0.493 e. The Morgan fingerprint density at radius 2 is 1.84 bits per heavy atom. The van der Waals surface area contributed by atoms with Gasteiger partial charge in [0.05, 0.1) is 19.1 Å². The number of halogens is 1. The van der Waals surface area contributed by atoms with Crippen molar-refractivity contribution in [3.8, 4) is 23.0 Å². The summed E-state index contributed by atoms with van der Waals surface area (Å²) in [5.41, 5.74) is 1.95. The monoisotopic (exact) mass is 453 g/mol. The van der Waals surface area contributed by atoms with Crippen LogP contribution in [0.2, 0.25) is 5.02 Å². The summed E-state index contributed by atoms with van der Waals surface area (Å²) in [5.74, 6) is 0.975. The number of fused-ring (bicyclic) bond motifs is 1. The van der Waals surface area contributed by atoms with Gasteiger partial charge in [-0.05, 0) is 48.5 Å². The number of rotatable bonds is 6. The normalized spacial score (nSPS) is 10.7. The predicted molar refractivity (Wildman–Crippen MR) is 119 cm³/mol. The van der Waals surface area contributed by atoms with Gasteiger partial charge < -0.3 is 19.2 Å². The molecular formula is C22H16ClN3O6. The number of nitro benzene ring substituents is 1. The fraction of sp³-hybridized carbons (Fsp3) is 0.0909. The highest BCUT2D eigenvalue weighted by molar-refractivity contribution is 6.32. The molecular weight excluding hydrogens is 438 g/mol. The Morgan fingerprint density at radius 1 is 1.06 bits per heavy atom. The zero-order valence-electron chi connectivity index (χ0n) is 16.9. The van der Waals surface area contributed by atoms with E-state index in [9.17, 15) is 14.9 Å². The molecule has 0 aliphatic carbocycles. The van der Waals surface area contributed by atoms with Crippen LogP contribution in [0.25, 0.3) is 22.6 Å². The van der Waals surface area contributed by atoms with E-state index in [1.807, 2.05) is 0 Å². The van der Waals surface area contributed by atoms with Gasteiger partial charge in [0.2, 0.25) is 5.89 Å². The maximum atomic E-state index is 12.5. The number of nitrogens with one attached hydrogen (secondary N) is 1. The molecule has 1 heterocycles. The first-order chi connectivity index (χ1) is 15.4. The van der Waals surface area contributed by atoms with Crippen LogP contribution >= 0.6 is 11.6 Å². The molecule has 1 aromatic heterocycles. The molecule has 10 heteroatoms. The summed E-state index contributed by atoms with van der Waals surface area (Å²) in [7, 11) is 3.09. The smallest absolute Gasteiger partial charge is 0.288 e. The first-order valence-corrected chi connectivity index (χ1v) is 9.65. The predicted octanol–water partition coefficient (Wildman–Crippen LogP) is 5.33. The number of oxazole rings is 1.